The smallest absolute Gasteiger partial charge is 0.407 e. The Morgan fingerprint density at radius 1 is 1.30 bits per heavy atom. The highest BCUT2D eigenvalue weighted by Gasteiger charge is 2.12. The maximum atomic E-state index is 11.7. The Labute approximate surface area is 118 Å². The van der Waals surface area contributed by atoms with E-state index in [4.69, 9.17) is 4.74 Å². The van der Waals surface area contributed by atoms with E-state index >= 15 is 0 Å². The number of hydrogen-bond acceptors (Lipinski definition) is 4. The van der Waals surface area contributed by atoms with Crippen molar-refractivity contribution in [3.8, 4) is 0 Å². The first-order chi connectivity index (χ1) is 9.65. The minimum atomic E-state index is -0.468. The number of aryl methyl sites for hydroxylation is 1. The van der Waals surface area contributed by atoms with Crippen molar-refractivity contribution in [1.82, 2.24) is 15.3 Å². The first-order valence-corrected chi connectivity index (χ1v) is 6.41. The average molecular weight is 271 g/mol. The molecule has 2 rings (SSSR count). The molecule has 1 aromatic heterocycles. The molecule has 20 heavy (non-hydrogen) atoms. The number of aromatic nitrogens is 2. The van der Waals surface area contributed by atoms with Gasteiger partial charge in [0.15, 0.2) is 0 Å². The molecule has 1 atom stereocenters. The van der Waals surface area contributed by atoms with E-state index in [2.05, 4.69) is 15.3 Å². The summed E-state index contributed by atoms with van der Waals surface area (Å²) in [4.78, 5) is 20.1. The summed E-state index contributed by atoms with van der Waals surface area (Å²) in [5.74, 6) is 0. The lowest BCUT2D eigenvalue weighted by Crippen LogP contribution is -2.28. The average Bonchev–Trinajstić information content (AvgIpc) is 2.46. The number of ether oxygens (including phenoxy) is 1. The van der Waals surface area contributed by atoms with E-state index in [0.717, 1.165) is 11.3 Å². The fourth-order valence-electron chi connectivity index (χ4n) is 1.71. The predicted molar refractivity (Wildman–Crippen MR) is 74.9 cm³/mol. The molecular weight excluding hydrogens is 254 g/mol. The molecule has 0 spiro atoms. The lowest BCUT2D eigenvalue weighted by molar-refractivity contribution is 0.136. The Morgan fingerprint density at radius 3 is 2.75 bits per heavy atom. The van der Waals surface area contributed by atoms with Gasteiger partial charge in [0.2, 0.25) is 0 Å². The first-order valence-electron chi connectivity index (χ1n) is 6.41. The largest absolute Gasteiger partial charge is 0.445 e. The zero-order valence-electron chi connectivity index (χ0n) is 11.5. The fourth-order valence-corrected chi connectivity index (χ4v) is 1.71. The third-order valence-corrected chi connectivity index (χ3v) is 2.76. The normalized spacial score (nSPS) is 11.7. The van der Waals surface area contributed by atoms with Crippen molar-refractivity contribution in [3.05, 3.63) is 59.7 Å². The number of carbonyl (C=O) groups excluding carboxylic acids is 1. The van der Waals surface area contributed by atoms with Crippen LogP contribution in [0.2, 0.25) is 0 Å². The zero-order chi connectivity index (χ0) is 14.4. The molecule has 0 unspecified atom stereocenters. The SMILES string of the molecule is Cc1cncc([C@H](C)NC(=O)OCc2ccccc2)n1. The summed E-state index contributed by atoms with van der Waals surface area (Å²) in [6.45, 7) is 3.95. The van der Waals surface area contributed by atoms with Gasteiger partial charge in [0.1, 0.15) is 6.61 Å². The second-order valence-corrected chi connectivity index (χ2v) is 4.51. The second-order valence-electron chi connectivity index (χ2n) is 4.51. The molecule has 2 aromatic rings. The molecule has 5 nitrogen and oxygen atoms in total. The zero-order valence-corrected chi connectivity index (χ0v) is 11.5. The molecule has 0 saturated carbocycles. The number of alkyl carbamates (subject to hydrolysis) is 1. The molecule has 0 aliphatic rings. The van der Waals surface area contributed by atoms with Crippen LogP contribution in [0, 0.1) is 6.92 Å². The second kappa shape index (κ2) is 6.65. The van der Waals surface area contributed by atoms with Crippen LogP contribution >= 0.6 is 0 Å². The quantitative estimate of drug-likeness (QED) is 0.928. The molecule has 0 aliphatic carbocycles. The molecule has 0 saturated heterocycles. The van der Waals surface area contributed by atoms with Crippen molar-refractivity contribution in [2.75, 3.05) is 0 Å². The Hall–Kier alpha value is -2.43. The number of amides is 1. The number of nitrogens with one attached hydrogen (secondary N) is 1. The van der Waals surface area contributed by atoms with Crippen LogP contribution in [0.5, 0.6) is 0 Å². The third-order valence-electron chi connectivity index (χ3n) is 2.76. The van der Waals surface area contributed by atoms with Crippen LogP contribution < -0.4 is 5.32 Å². The van der Waals surface area contributed by atoms with Crippen molar-refractivity contribution in [2.24, 2.45) is 0 Å². The number of hydrogen-bond donors (Lipinski definition) is 1. The van der Waals surface area contributed by atoms with Crippen LogP contribution in [0.25, 0.3) is 0 Å². The summed E-state index contributed by atoms with van der Waals surface area (Å²) in [5.41, 5.74) is 2.47. The number of rotatable bonds is 4. The molecule has 1 aromatic carbocycles. The highest BCUT2D eigenvalue weighted by molar-refractivity contribution is 5.67. The van der Waals surface area contributed by atoms with E-state index in [-0.39, 0.29) is 12.6 Å². The Bertz CT molecular complexity index is 572. The standard InChI is InChI=1S/C15H17N3O2/c1-11-8-16-9-14(17-11)12(2)18-15(19)20-10-13-6-4-3-5-7-13/h3-9,12H,10H2,1-2H3,(H,18,19)/t12-/m0/s1. The summed E-state index contributed by atoms with van der Waals surface area (Å²) in [7, 11) is 0. The highest BCUT2D eigenvalue weighted by Crippen LogP contribution is 2.09. The predicted octanol–water partition coefficient (Wildman–Crippen LogP) is 2.77. The van der Waals surface area contributed by atoms with Gasteiger partial charge in [-0.25, -0.2) is 4.79 Å². The molecule has 0 fully saturated rings. The van der Waals surface area contributed by atoms with Gasteiger partial charge in [-0.1, -0.05) is 30.3 Å². The molecule has 1 heterocycles. The van der Waals surface area contributed by atoms with Crippen LogP contribution in [0.15, 0.2) is 42.7 Å². The topological polar surface area (TPSA) is 64.1 Å². The summed E-state index contributed by atoms with van der Waals surface area (Å²) in [5, 5.41) is 2.73. The van der Waals surface area contributed by atoms with Crippen LogP contribution in [0.3, 0.4) is 0 Å². The third kappa shape index (κ3) is 4.05. The van der Waals surface area contributed by atoms with E-state index < -0.39 is 6.09 Å². The summed E-state index contributed by atoms with van der Waals surface area (Å²) in [6, 6.07) is 9.29. The van der Waals surface area contributed by atoms with Gasteiger partial charge in [-0.3, -0.25) is 9.97 Å². The van der Waals surface area contributed by atoms with E-state index in [1.165, 1.54) is 0 Å². The van der Waals surface area contributed by atoms with Gasteiger partial charge in [-0.05, 0) is 19.4 Å². The van der Waals surface area contributed by atoms with Crippen molar-refractivity contribution < 1.29 is 9.53 Å². The van der Waals surface area contributed by atoms with E-state index in [0.29, 0.717) is 5.69 Å². The van der Waals surface area contributed by atoms with Gasteiger partial charge in [-0.15, -0.1) is 0 Å². The van der Waals surface area contributed by atoms with Crippen molar-refractivity contribution >= 4 is 6.09 Å². The Kier molecular flexibility index (Phi) is 4.65. The molecule has 5 heteroatoms. The van der Waals surface area contributed by atoms with Crippen LogP contribution in [0.4, 0.5) is 4.79 Å². The lowest BCUT2D eigenvalue weighted by atomic mass is 10.2. The van der Waals surface area contributed by atoms with Gasteiger partial charge in [0.25, 0.3) is 0 Å². The molecule has 0 aliphatic heterocycles. The van der Waals surface area contributed by atoms with Gasteiger partial charge in [0.05, 0.1) is 23.6 Å². The van der Waals surface area contributed by atoms with E-state index in [9.17, 15) is 4.79 Å². The van der Waals surface area contributed by atoms with Crippen molar-refractivity contribution in [2.45, 2.75) is 26.5 Å². The fraction of sp³-hybridized carbons (Fsp3) is 0.267. The van der Waals surface area contributed by atoms with Gasteiger partial charge in [-0.2, -0.15) is 0 Å². The molecule has 1 N–H and O–H groups in total. The number of carbonyl (C=O) groups is 1. The molecule has 1 amide bonds. The van der Waals surface area contributed by atoms with Crippen molar-refractivity contribution in [1.29, 1.82) is 0 Å². The number of nitrogens with zero attached hydrogens (tertiary/aromatic N) is 2. The minimum absolute atomic E-state index is 0.245. The monoisotopic (exact) mass is 271 g/mol. The highest BCUT2D eigenvalue weighted by atomic mass is 16.5. The number of benzene rings is 1. The van der Waals surface area contributed by atoms with Crippen LogP contribution in [-0.2, 0) is 11.3 Å². The van der Waals surface area contributed by atoms with Gasteiger partial charge >= 0.3 is 6.09 Å². The van der Waals surface area contributed by atoms with Crippen LogP contribution in [-0.4, -0.2) is 16.1 Å². The van der Waals surface area contributed by atoms with Gasteiger partial charge in [0, 0.05) is 6.20 Å². The van der Waals surface area contributed by atoms with Gasteiger partial charge < -0.3 is 10.1 Å². The molecule has 0 radical (unpaired) electrons. The summed E-state index contributed by atoms with van der Waals surface area (Å²) < 4.78 is 5.15. The first kappa shape index (κ1) is 14.0. The maximum absolute atomic E-state index is 11.7. The molecule has 0 bridgehead atoms. The lowest BCUT2D eigenvalue weighted by Gasteiger charge is -2.13. The van der Waals surface area contributed by atoms with E-state index in [1.807, 2.05) is 44.2 Å². The van der Waals surface area contributed by atoms with Crippen LogP contribution in [0.1, 0.15) is 29.9 Å². The summed E-state index contributed by atoms with van der Waals surface area (Å²) in [6.07, 6.45) is 2.84. The molecular formula is C15H17N3O2. The van der Waals surface area contributed by atoms with E-state index in [1.54, 1.807) is 12.4 Å². The summed E-state index contributed by atoms with van der Waals surface area (Å²) >= 11 is 0. The minimum Gasteiger partial charge on any atom is -0.445 e. The maximum Gasteiger partial charge on any atom is 0.407 e. The molecule has 104 valence electrons. The van der Waals surface area contributed by atoms with Crippen molar-refractivity contribution in [3.63, 3.8) is 0 Å². The Balaban J connectivity index is 1.85. The Morgan fingerprint density at radius 2 is 2.05 bits per heavy atom.